The van der Waals surface area contributed by atoms with Crippen LogP contribution in [0.1, 0.15) is 27.2 Å². The number of rotatable bonds is 7. The zero-order valence-electron chi connectivity index (χ0n) is 17.3. The Kier molecular flexibility index (Phi) is 5.96. The Balaban J connectivity index is 2.01. The van der Waals surface area contributed by atoms with Crippen molar-refractivity contribution in [3.63, 3.8) is 0 Å². The maximum Gasteiger partial charge on any atom is 0.179 e. The number of fused-ring (bicyclic) bond motifs is 1. The van der Waals surface area contributed by atoms with Gasteiger partial charge in [-0.2, -0.15) is 0 Å². The van der Waals surface area contributed by atoms with Crippen molar-refractivity contribution in [2.24, 2.45) is 11.7 Å². The first-order valence-electron chi connectivity index (χ1n) is 9.67. The summed E-state index contributed by atoms with van der Waals surface area (Å²) in [7, 11) is -3.49. The molecule has 0 saturated heterocycles. The highest BCUT2D eigenvalue weighted by Crippen LogP contribution is 2.33. The van der Waals surface area contributed by atoms with Crippen LogP contribution in [0.2, 0.25) is 0 Å². The number of benzene rings is 2. The maximum absolute atomic E-state index is 12.5. The molecule has 3 rings (SSSR count). The summed E-state index contributed by atoms with van der Waals surface area (Å²) in [5, 5.41) is 0.967. The van der Waals surface area contributed by atoms with Crippen molar-refractivity contribution < 1.29 is 13.2 Å². The molecule has 2 N–H and O–H groups in total. The third-order valence-electron chi connectivity index (χ3n) is 4.74. The lowest BCUT2D eigenvalue weighted by Gasteiger charge is -2.27. The standard InChI is InChI=1S/C23H28N2O3S/c1-16(2)14-23(3,24)15-28-21-10-9-17(13-22(21)29(4,26)27)18-11-12-25-20-8-6-5-7-19(18)20/h5-13,16H,14-15,24H2,1-4H3/t23-/m0/s1. The van der Waals surface area contributed by atoms with Gasteiger partial charge in [-0.15, -0.1) is 0 Å². The summed E-state index contributed by atoms with van der Waals surface area (Å²) in [5.41, 5.74) is 8.37. The Hall–Kier alpha value is -2.44. The van der Waals surface area contributed by atoms with Crippen molar-refractivity contribution >= 4 is 20.7 Å². The largest absolute Gasteiger partial charge is 0.490 e. The van der Waals surface area contributed by atoms with Crippen LogP contribution < -0.4 is 10.5 Å². The minimum absolute atomic E-state index is 0.163. The van der Waals surface area contributed by atoms with E-state index in [1.165, 1.54) is 6.26 Å². The summed E-state index contributed by atoms with van der Waals surface area (Å²) in [6.45, 7) is 6.36. The van der Waals surface area contributed by atoms with Crippen molar-refractivity contribution in [3.8, 4) is 16.9 Å². The number of sulfone groups is 1. The van der Waals surface area contributed by atoms with Crippen LogP contribution in [0.4, 0.5) is 0 Å². The molecule has 0 fully saturated rings. The van der Waals surface area contributed by atoms with Gasteiger partial charge in [-0.3, -0.25) is 4.98 Å². The molecule has 1 aromatic heterocycles. The van der Waals surface area contributed by atoms with E-state index >= 15 is 0 Å². The quantitative estimate of drug-likeness (QED) is 0.620. The minimum atomic E-state index is -3.49. The van der Waals surface area contributed by atoms with E-state index in [9.17, 15) is 8.42 Å². The second kappa shape index (κ2) is 8.13. The Morgan fingerprint density at radius 1 is 1.14 bits per heavy atom. The van der Waals surface area contributed by atoms with Crippen molar-refractivity contribution in [1.29, 1.82) is 0 Å². The summed E-state index contributed by atoms with van der Waals surface area (Å²) in [5.74, 6) is 0.750. The van der Waals surface area contributed by atoms with Crippen LogP contribution >= 0.6 is 0 Å². The highest BCUT2D eigenvalue weighted by molar-refractivity contribution is 7.90. The summed E-state index contributed by atoms with van der Waals surface area (Å²) in [6, 6.07) is 14.9. The first-order valence-corrected chi connectivity index (χ1v) is 11.6. The molecule has 0 aliphatic heterocycles. The number of para-hydroxylation sites is 1. The summed E-state index contributed by atoms with van der Waals surface area (Å²) in [4.78, 5) is 4.54. The second-order valence-electron chi connectivity index (χ2n) is 8.35. The molecule has 1 heterocycles. The van der Waals surface area contributed by atoms with Gasteiger partial charge in [0, 0.05) is 23.4 Å². The predicted molar refractivity (Wildman–Crippen MR) is 118 cm³/mol. The molecule has 154 valence electrons. The number of ether oxygens (including phenoxy) is 1. The molecular formula is C23H28N2O3S. The third kappa shape index (κ3) is 5.14. The fourth-order valence-corrected chi connectivity index (χ4v) is 4.50. The van der Waals surface area contributed by atoms with Crippen molar-refractivity contribution in [2.45, 2.75) is 37.6 Å². The lowest BCUT2D eigenvalue weighted by atomic mass is 9.93. The minimum Gasteiger partial charge on any atom is -0.490 e. The van der Waals surface area contributed by atoms with Gasteiger partial charge in [-0.25, -0.2) is 8.42 Å². The first-order chi connectivity index (χ1) is 13.6. The molecule has 1 atom stereocenters. The number of nitrogens with two attached hydrogens (primary N) is 1. The lowest BCUT2D eigenvalue weighted by molar-refractivity contribution is 0.203. The number of nitrogens with zero attached hydrogens (tertiary/aromatic N) is 1. The topological polar surface area (TPSA) is 82.3 Å². The van der Waals surface area contributed by atoms with E-state index in [-0.39, 0.29) is 11.5 Å². The van der Waals surface area contributed by atoms with E-state index in [2.05, 4.69) is 18.8 Å². The fraction of sp³-hybridized carbons (Fsp3) is 0.348. The maximum atomic E-state index is 12.5. The predicted octanol–water partition coefficient (Wildman–Crippen LogP) is 4.45. The number of aromatic nitrogens is 1. The lowest BCUT2D eigenvalue weighted by Crippen LogP contribution is -2.43. The van der Waals surface area contributed by atoms with Crippen LogP contribution in [0.3, 0.4) is 0 Å². The van der Waals surface area contributed by atoms with Crippen molar-refractivity contribution in [1.82, 2.24) is 4.98 Å². The molecule has 0 bridgehead atoms. The molecule has 5 nitrogen and oxygen atoms in total. The van der Waals surface area contributed by atoms with E-state index in [4.69, 9.17) is 10.5 Å². The van der Waals surface area contributed by atoms with Crippen LogP contribution in [0, 0.1) is 5.92 Å². The van der Waals surface area contributed by atoms with E-state index in [1.807, 2.05) is 43.3 Å². The smallest absolute Gasteiger partial charge is 0.179 e. The molecule has 0 spiro atoms. The normalized spacial score (nSPS) is 14.1. The second-order valence-corrected chi connectivity index (χ2v) is 10.3. The van der Waals surface area contributed by atoms with E-state index in [1.54, 1.807) is 18.3 Å². The fourth-order valence-electron chi connectivity index (χ4n) is 3.67. The molecule has 0 amide bonds. The van der Waals surface area contributed by atoms with E-state index in [0.717, 1.165) is 28.5 Å². The Morgan fingerprint density at radius 3 is 2.55 bits per heavy atom. The first kappa shape index (κ1) is 21.3. The van der Waals surface area contributed by atoms with Crippen LogP contribution in [0.25, 0.3) is 22.0 Å². The summed E-state index contributed by atoms with van der Waals surface area (Å²) < 4.78 is 30.9. The van der Waals surface area contributed by atoms with Crippen LogP contribution in [-0.2, 0) is 9.84 Å². The molecule has 3 aromatic rings. The molecular weight excluding hydrogens is 384 g/mol. The molecule has 0 aliphatic rings. The molecule has 0 unspecified atom stereocenters. The van der Waals surface area contributed by atoms with Crippen molar-refractivity contribution in [2.75, 3.05) is 12.9 Å². The van der Waals surface area contributed by atoms with Gasteiger partial charge in [0.05, 0.1) is 5.52 Å². The van der Waals surface area contributed by atoms with Crippen LogP contribution in [-0.4, -0.2) is 31.8 Å². The zero-order chi connectivity index (χ0) is 21.2. The highest BCUT2D eigenvalue weighted by Gasteiger charge is 2.23. The van der Waals surface area contributed by atoms with Gasteiger partial charge in [-0.1, -0.05) is 38.1 Å². The van der Waals surface area contributed by atoms with E-state index < -0.39 is 15.4 Å². The average Bonchev–Trinajstić information content (AvgIpc) is 2.64. The van der Waals surface area contributed by atoms with E-state index in [0.29, 0.717) is 11.7 Å². The van der Waals surface area contributed by atoms with Gasteiger partial charge in [0.25, 0.3) is 0 Å². The van der Waals surface area contributed by atoms with Crippen molar-refractivity contribution in [3.05, 3.63) is 54.7 Å². The average molecular weight is 413 g/mol. The molecule has 2 aromatic carbocycles. The Labute approximate surface area is 172 Å². The Morgan fingerprint density at radius 2 is 1.86 bits per heavy atom. The SMILES string of the molecule is CC(C)C[C@](C)(N)COc1ccc(-c2ccnc3ccccc23)cc1S(C)(=O)=O. The number of pyridine rings is 1. The monoisotopic (exact) mass is 412 g/mol. The summed E-state index contributed by atoms with van der Waals surface area (Å²) >= 11 is 0. The van der Waals surface area contributed by atoms with Gasteiger partial charge in [0.15, 0.2) is 9.84 Å². The Bertz CT molecular complexity index is 1120. The third-order valence-corrected chi connectivity index (χ3v) is 5.85. The number of hydrogen-bond donors (Lipinski definition) is 1. The van der Waals surface area contributed by atoms with Gasteiger partial charge in [-0.05, 0) is 54.7 Å². The van der Waals surface area contributed by atoms with Crippen LogP contribution in [0.5, 0.6) is 5.75 Å². The highest BCUT2D eigenvalue weighted by atomic mass is 32.2. The van der Waals surface area contributed by atoms with Crippen LogP contribution in [0.15, 0.2) is 59.6 Å². The van der Waals surface area contributed by atoms with Gasteiger partial charge in [0.1, 0.15) is 17.3 Å². The van der Waals surface area contributed by atoms with Gasteiger partial charge in [0.2, 0.25) is 0 Å². The molecule has 6 heteroatoms. The molecule has 0 radical (unpaired) electrons. The number of hydrogen-bond acceptors (Lipinski definition) is 5. The van der Waals surface area contributed by atoms with Gasteiger partial charge >= 0.3 is 0 Å². The summed E-state index contributed by atoms with van der Waals surface area (Å²) in [6.07, 6.45) is 3.70. The molecule has 0 saturated carbocycles. The van der Waals surface area contributed by atoms with Gasteiger partial charge < -0.3 is 10.5 Å². The molecule has 29 heavy (non-hydrogen) atoms. The zero-order valence-corrected chi connectivity index (χ0v) is 18.2. The molecule has 0 aliphatic carbocycles.